The van der Waals surface area contributed by atoms with Gasteiger partial charge >= 0.3 is 0 Å². The highest BCUT2D eigenvalue weighted by Gasteiger charge is 2.19. The van der Waals surface area contributed by atoms with E-state index in [1.54, 1.807) is 25.3 Å². The molecule has 0 atom stereocenters. The van der Waals surface area contributed by atoms with Gasteiger partial charge in [0.25, 0.3) is 5.91 Å². The largest absolute Gasteiger partial charge is 0.495 e. The molecule has 0 bridgehead atoms. The van der Waals surface area contributed by atoms with E-state index in [1.807, 2.05) is 37.3 Å². The van der Waals surface area contributed by atoms with Gasteiger partial charge in [0.05, 0.1) is 17.7 Å². The highest BCUT2D eigenvalue weighted by Crippen LogP contribution is 2.32. The number of rotatable bonds is 6. The van der Waals surface area contributed by atoms with E-state index in [0.29, 0.717) is 11.3 Å². The van der Waals surface area contributed by atoms with Crippen molar-refractivity contribution in [1.29, 1.82) is 0 Å². The number of ether oxygens (including phenoxy) is 1. The van der Waals surface area contributed by atoms with E-state index in [1.165, 1.54) is 12.1 Å². The molecule has 8 nitrogen and oxygen atoms in total. The summed E-state index contributed by atoms with van der Waals surface area (Å²) >= 11 is 0. The molecule has 0 spiro atoms. The second kappa shape index (κ2) is 10.1. The number of sulfonamides is 1. The van der Waals surface area contributed by atoms with Crippen LogP contribution in [0, 0.1) is 6.92 Å². The summed E-state index contributed by atoms with van der Waals surface area (Å²) in [6.07, 6.45) is 0. The molecule has 184 valence electrons. The number of aryl methyl sites for hydroxylation is 1. The fourth-order valence-electron chi connectivity index (χ4n) is 4.20. The first-order chi connectivity index (χ1) is 16.7. The second-order valence-electron chi connectivity index (χ2n) is 8.73. The molecule has 0 saturated carbocycles. The van der Waals surface area contributed by atoms with Gasteiger partial charge in [-0.25, -0.2) is 13.6 Å². The van der Waals surface area contributed by atoms with E-state index < -0.39 is 10.0 Å². The van der Waals surface area contributed by atoms with Gasteiger partial charge in [-0.3, -0.25) is 4.79 Å². The smallest absolute Gasteiger partial charge is 0.255 e. The maximum absolute atomic E-state index is 13.1. The van der Waals surface area contributed by atoms with Crippen molar-refractivity contribution < 1.29 is 17.9 Å². The topological polar surface area (TPSA) is 105 Å². The van der Waals surface area contributed by atoms with Crippen LogP contribution in [0.3, 0.4) is 0 Å². The molecule has 1 amide bonds. The van der Waals surface area contributed by atoms with Crippen molar-refractivity contribution >= 4 is 27.3 Å². The molecule has 0 aromatic heterocycles. The van der Waals surface area contributed by atoms with Crippen molar-refractivity contribution in [2.75, 3.05) is 50.6 Å². The van der Waals surface area contributed by atoms with Gasteiger partial charge in [0, 0.05) is 37.4 Å². The molecule has 1 saturated heterocycles. The Morgan fingerprint density at radius 3 is 2.20 bits per heavy atom. The predicted octanol–water partition coefficient (Wildman–Crippen LogP) is 3.32. The van der Waals surface area contributed by atoms with Gasteiger partial charge in [-0.1, -0.05) is 24.3 Å². The summed E-state index contributed by atoms with van der Waals surface area (Å²) in [4.78, 5) is 17.7. The highest BCUT2D eigenvalue weighted by molar-refractivity contribution is 7.89. The minimum Gasteiger partial charge on any atom is -0.495 e. The van der Waals surface area contributed by atoms with E-state index in [-0.39, 0.29) is 10.8 Å². The number of hydrogen-bond donors (Lipinski definition) is 2. The number of anilines is 2. The number of carbonyl (C=O) groups is 1. The number of likely N-dealkylation sites (N-methyl/N-ethyl adjacent to an activating group) is 1. The minimum absolute atomic E-state index is 0.0596. The van der Waals surface area contributed by atoms with Crippen molar-refractivity contribution in [1.82, 2.24) is 4.90 Å². The zero-order chi connectivity index (χ0) is 25.2. The van der Waals surface area contributed by atoms with Crippen molar-refractivity contribution in [3.05, 3.63) is 71.8 Å². The summed E-state index contributed by atoms with van der Waals surface area (Å²) < 4.78 is 28.5. The zero-order valence-corrected chi connectivity index (χ0v) is 20.9. The first-order valence-electron chi connectivity index (χ1n) is 11.3. The molecule has 9 heteroatoms. The molecule has 35 heavy (non-hydrogen) atoms. The van der Waals surface area contributed by atoms with Gasteiger partial charge in [0.2, 0.25) is 10.0 Å². The number of hydrogen-bond acceptors (Lipinski definition) is 6. The molecule has 1 aliphatic heterocycles. The molecular formula is C26H30N4O4S. The van der Waals surface area contributed by atoms with Crippen LogP contribution < -0.4 is 20.1 Å². The summed E-state index contributed by atoms with van der Waals surface area (Å²) in [5.74, 6) is 0.578. The molecular weight excluding hydrogens is 464 g/mol. The number of carbonyl (C=O) groups excluding carboxylic acids is 1. The molecule has 3 N–H and O–H groups in total. The lowest BCUT2D eigenvalue weighted by atomic mass is 9.99. The number of benzene rings is 3. The number of piperazine rings is 1. The summed E-state index contributed by atoms with van der Waals surface area (Å²) in [5, 5.41) is 8.19. The SMILES string of the molecule is COc1ccc(NC(=O)c2ccc(-c3ccc(S(N)(=O)=O)cc3)cc2C)cc1N1CCN(C)CC1. The fourth-order valence-corrected chi connectivity index (χ4v) is 4.71. The van der Waals surface area contributed by atoms with Crippen molar-refractivity contribution in [3.63, 3.8) is 0 Å². The molecule has 3 aromatic rings. The average molecular weight is 495 g/mol. The lowest BCUT2D eigenvalue weighted by Crippen LogP contribution is -2.44. The third kappa shape index (κ3) is 5.64. The van der Waals surface area contributed by atoms with Gasteiger partial charge in [-0.05, 0) is 67.1 Å². The first kappa shape index (κ1) is 24.7. The maximum Gasteiger partial charge on any atom is 0.255 e. The van der Waals surface area contributed by atoms with Gasteiger partial charge < -0.3 is 19.9 Å². The van der Waals surface area contributed by atoms with Crippen LogP contribution in [-0.4, -0.2) is 59.6 Å². The van der Waals surface area contributed by atoms with Gasteiger partial charge in [-0.15, -0.1) is 0 Å². The van der Waals surface area contributed by atoms with Crippen molar-refractivity contribution in [3.8, 4) is 16.9 Å². The molecule has 0 aliphatic carbocycles. The Hall–Kier alpha value is -3.40. The summed E-state index contributed by atoms with van der Waals surface area (Å²) in [7, 11) is 0.0219. The monoisotopic (exact) mass is 494 g/mol. The first-order valence-corrected chi connectivity index (χ1v) is 12.9. The Balaban J connectivity index is 1.53. The molecule has 4 rings (SSSR count). The third-order valence-electron chi connectivity index (χ3n) is 6.27. The van der Waals surface area contributed by atoms with Gasteiger partial charge in [-0.2, -0.15) is 0 Å². The zero-order valence-electron chi connectivity index (χ0n) is 20.1. The van der Waals surface area contributed by atoms with Gasteiger partial charge in [0.15, 0.2) is 0 Å². The quantitative estimate of drug-likeness (QED) is 0.545. The van der Waals surface area contributed by atoms with E-state index in [4.69, 9.17) is 9.88 Å². The fraction of sp³-hybridized carbons (Fsp3) is 0.269. The number of primary sulfonamides is 1. The standard InChI is InChI=1S/C26H30N4O4S/c1-18-16-20(19-4-8-22(9-5-19)35(27,32)33)6-10-23(18)26(31)28-21-7-11-25(34-3)24(17-21)30-14-12-29(2)13-15-30/h4-11,16-17H,12-15H2,1-3H3,(H,28,31)(H2,27,32,33). The van der Waals surface area contributed by atoms with E-state index in [9.17, 15) is 13.2 Å². The highest BCUT2D eigenvalue weighted by atomic mass is 32.2. The molecule has 0 radical (unpaired) electrons. The molecule has 1 aliphatic rings. The van der Waals surface area contributed by atoms with Crippen LogP contribution in [-0.2, 0) is 10.0 Å². The normalized spacial score (nSPS) is 14.6. The summed E-state index contributed by atoms with van der Waals surface area (Å²) in [6, 6.07) is 17.6. The van der Waals surface area contributed by atoms with E-state index in [2.05, 4.69) is 22.2 Å². The number of methoxy groups -OCH3 is 1. The second-order valence-corrected chi connectivity index (χ2v) is 10.3. The summed E-state index contributed by atoms with van der Waals surface area (Å²) in [5.41, 5.74) is 4.75. The molecule has 0 unspecified atom stereocenters. The van der Waals surface area contributed by atoms with Crippen LogP contribution in [0.1, 0.15) is 15.9 Å². The van der Waals surface area contributed by atoms with Gasteiger partial charge in [0.1, 0.15) is 5.75 Å². The van der Waals surface area contributed by atoms with Crippen LogP contribution in [0.5, 0.6) is 5.75 Å². The molecule has 1 fully saturated rings. The van der Waals surface area contributed by atoms with Crippen LogP contribution in [0.4, 0.5) is 11.4 Å². The average Bonchev–Trinajstić information content (AvgIpc) is 2.84. The van der Waals surface area contributed by atoms with E-state index >= 15 is 0 Å². The van der Waals surface area contributed by atoms with Crippen molar-refractivity contribution in [2.24, 2.45) is 5.14 Å². The maximum atomic E-state index is 13.1. The van der Waals surface area contributed by atoms with Crippen molar-refractivity contribution in [2.45, 2.75) is 11.8 Å². The van der Waals surface area contributed by atoms with E-state index in [0.717, 1.165) is 54.3 Å². The van der Waals surface area contributed by atoms with Crippen LogP contribution in [0.25, 0.3) is 11.1 Å². The Bertz CT molecular complexity index is 1330. The molecule has 1 heterocycles. The predicted molar refractivity (Wildman–Crippen MR) is 139 cm³/mol. The Labute approximate surface area is 206 Å². The molecule has 3 aromatic carbocycles. The van der Waals surface area contributed by atoms with Crippen LogP contribution >= 0.6 is 0 Å². The van der Waals surface area contributed by atoms with Crippen LogP contribution in [0.15, 0.2) is 65.6 Å². The van der Waals surface area contributed by atoms with Crippen LogP contribution in [0.2, 0.25) is 0 Å². The number of nitrogens with zero attached hydrogens (tertiary/aromatic N) is 2. The Morgan fingerprint density at radius 1 is 0.943 bits per heavy atom. The minimum atomic E-state index is -3.74. The summed E-state index contributed by atoms with van der Waals surface area (Å²) in [6.45, 7) is 5.60. The lowest BCUT2D eigenvalue weighted by molar-refractivity contribution is 0.102. The number of nitrogens with one attached hydrogen (secondary N) is 1. The lowest BCUT2D eigenvalue weighted by Gasteiger charge is -2.35. The third-order valence-corrected chi connectivity index (χ3v) is 7.20. The number of amides is 1. The Kier molecular flexibility index (Phi) is 7.11. The Morgan fingerprint density at radius 2 is 1.60 bits per heavy atom. The number of nitrogens with two attached hydrogens (primary N) is 1.